The van der Waals surface area contributed by atoms with Gasteiger partial charge in [-0.05, 0) is 43.5 Å². The van der Waals surface area contributed by atoms with E-state index in [1.807, 2.05) is 12.1 Å². The molecule has 0 aliphatic carbocycles. The molecule has 2 heterocycles. The standard InChI is InChI=1S/C20H24N2O5/c1-22(20(24)18-10-6-12-26-18)13-19(23)21-16-8-2-3-9-17(16)27-14-15-7-4-5-11-25-15/h2-3,6,8-10,12,15H,4-5,7,11,13-14H2,1H3,(H,21,23). The van der Waals surface area contributed by atoms with E-state index < -0.39 is 0 Å². The van der Waals surface area contributed by atoms with Crippen molar-refractivity contribution in [2.75, 3.05) is 32.1 Å². The molecule has 1 aliphatic heterocycles. The van der Waals surface area contributed by atoms with Crippen molar-refractivity contribution < 1.29 is 23.5 Å². The third-order valence-corrected chi connectivity index (χ3v) is 4.32. The van der Waals surface area contributed by atoms with E-state index in [9.17, 15) is 9.59 Å². The number of ether oxygens (including phenoxy) is 2. The molecule has 1 aromatic carbocycles. The van der Waals surface area contributed by atoms with Crippen molar-refractivity contribution in [3.05, 3.63) is 48.4 Å². The number of nitrogens with zero attached hydrogens (tertiary/aromatic N) is 1. The van der Waals surface area contributed by atoms with Gasteiger partial charge in [0.1, 0.15) is 12.4 Å². The van der Waals surface area contributed by atoms with E-state index in [1.54, 1.807) is 31.3 Å². The van der Waals surface area contributed by atoms with Crippen molar-refractivity contribution in [3.63, 3.8) is 0 Å². The average molecular weight is 372 g/mol. The minimum Gasteiger partial charge on any atom is -0.489 e. The second-order valence-electron chi connectivity index (χ2n) is 6.48. The Kier molecular flexibility index (Phi) is 6.49. The molecule has 1 saturated heterocycles. The molecule has 1 unspecified atom stereocenters. The van der Waals surface area contributed by atoms with E-state index in [2.05, 4.69) is 5.32 Å². The molecule has 0 radical (unpaired) electrons. The molecule has 2 amide bonds. The zero-order valence-corrected chi connectivity index (χ0v) is 15.3. The van der Waals surface area contributed by atoms with Crippen LogP contribution in [-0.2, 0) is 9.53 Å². The highest BCUT2D eigenvalue weighted by Gasteiger charge is 2.19. The third-order valence-electron chi connectivity index (χ3n) is 4.32. The average Bonchev–Trinajstić information content (AvgIpc) is 3.22. The molecular formula is C20H24N2O5. The SMILES string of the molecule is CN(CC(=O)Nc1ccccc1OCC1CCCCO1)C(=O)c1ccco1. The normalized spacial score (nSPS) is 16.6. The second-order valence-corrected chi connectivity index (χ2v) is 6.48. The third kappa shape index (κ3) is 5.34. The number of furan rings is 1. The van der Waals surface area contributed by atoms with Crippen molar-refractivity contribution in [2.45, 2.75) is 25.4 Å². The number of anilines is 1. The van der Waals surface area contributed by atoms with Gasteiger partial charge in [0.25, 0.3) is 5.91 Å². The summed E-state index contributed by atoms with van der Waals surface area (Å²) in [5.41, 5.74) is 0.567. The fraction of sp³-hybridized carbons (Fsp3) is 0.400. The Hall–Kier alpha value is -2.80. The zero-order chi connectivity index (χ0) is 19.1. The quantitative estimate of drug-likeness (QED) is 0.808. The monoisotopic (exact) mass is 372 g/mol. The molecule has 7 heteroatoms. The molecule has 1 aliphatic rings. The van der Waals surface area contributed by atoms with Crippen molar-refractivity contribution in [2.24, 2.45) is 0 Å². The Morgan fingerprint density at radius 3 is 2.81 bits per heavy atom. The highest BCUT2D eigenvalue weighted by Crippen LogP contribution is 2.25. The van der Waals surface area contributed by atoms with Crippen LogP contribution in [0.25, 0.3) is 0 Å². The number of para-hydroxylation sites is 2. The van der Waals surface area contributed by atoms with Crippen LogP contribution < -0.4 is 10.1 Å². The first-order valence-electron chi connectivity index (χ1n) is 9.06. The van der Waals surface area contributed by atoms with Gasteiger partial charge in [0.15, 0.2) is 5.76 Å². The number of benzene rings is 1. The predicted octanol–water partition coefficient (Wildman–Crippen LogP) is 2.94. The summed E-state index contributed by atoms with van der Waals surface area (Å²) in [6.07, 6.45) is 4.72. The van der Waals surface area contributed by atoms with Gasteiger partial charge in [-0.2, -0.15) is 0 Å². The highest BCUT2D eigenvalue weighted by molar-refractivity contribution is 5.98. The Balaban J connectivity index is 1.54. The molecule has 7 nitrogen and oxygen atoms in total. The number of hydrogen-bond acceptors (Lipinski definition) is 5. The van der Waals surface area contributed by atoms with Crippen LogP contribution in [0.15, 0.2) is 47.1 Å². The molecule has 144 valence electrons. The van der Waals surface area contributed by atoms with E-state index in [-0.39, 0.29) is 30.2 Å². The van der Waals surface area contributed by atoms with Crippen LogP contribution in [0.4, 0.5) is 5.69 Å². The summed E-state index contributed by atoms with van der Waals surface area (Å²) < 4.78 is 16.6. The molecule has 1 atom stereocenters. The lowest BCUT2D eigenvalue weighted by Gasteiger charge is -2.23. The van der Waals surface area contributed by atoms with Gasteiger partial charge in [-0.1, -0.05) is 12.1 Å². The van der Waals surface area contributed by atoms with Gasteiger partial charge in [-0.25, -0.2) is 0 Å². The number of nitrogens with one attached hydrogen (secondary N) is 1. The number of amides is 2. The molecule has 1 fully saturated rings. The summed E-state index contributed by atoms with van der Waals surface area (Å²) in [7, 11) is 1.55. The Bertz CT molecular complexity index is 753. The maximum Gasteiger partial charge on any atom is 0.289 e. The largest absolute Gasteiger partial charge is 0.489 e. The summed E-state index contributed by atoms with van der Waals surface area (Å²) >= 11 is 0. The van der Waals surface area contributed by atoms with Gasteiger partial charge in [0.05, 0.1) is 24.6 Å². The minimum atomic E-state index is -0.353. The molecule has 27 heavy (non-hydrogen) atoms. The maximum absolute atomic E-state index is 12.3. The zero-order valence-electron chi connectivity index (χ0n) is 15.3. The summed E-state index contributed by atoms with van der Waals surface area (Å²) in [5, 5.41) is 2.80. The summed E-state index contributed by atoms with van der Waals surface area (Å²) in [6, 6.07) is 10.4. The maximum atomic E-state index is 12.3. The van der Waals surface area contributed by atoms with Crippen LogP contribution >= 0.6 is 0 Å². The predicted molar refractivity (Wildman–Crippen MR) is 99.8 cm³/mol. The Morgan fingerprint density at radius 1 is 1.22 bits per heavy atom. The van der Waals surface area contributed by atoms with Crippen LogP contribution in [0.1, 0.15) is 29.8 Å². The van der Waals surface area contributed by atoms with Gasteiger partial charge in [-0.3, -0.25) is 9.59 Å². The minimum absolute atomic E-state index is 0.0829. The van der Waals surface area contributed by atoms with Crippen LogP contribution in [-0.4, -0.2) is 49.6 Å². The number of likely N-dealkylation sites (N-methyl/N-ethyl adjacent to an activating group) is 1. The molecule has 0 spiro atoms. The first-order chi connectivity index (χ1) is 13.1. The topological polar surface area (TPSA) is 81.0 Å². The lowest BCUT2D eigenvalue weighted by molar-refractivity contribution is -0.116. The van der Waals surface area contributed by atoms with Gasteiger partial charge < -0.3 is 24.1 Å². The van der Waals surface area contributed by atoms with Crippen molar-refractivity contribution in [1.29, 1.82) is 0 Å². The molecule has 2 aromatic rings. The Labute approximate surface area is 158 Å². The number of hydrogen-bond donors (Lipinski definition) is 1. The van der Waals surface area contributed by atoms with Crippen LogP contribution in [0, 0.1) is 0 Å². The fourth-order valence-electron chi connectivity index (χ4n) is 2.88. The van der Waals surface area contributed by atoms with E-state index in [1.165, 1.54) is 11.2 Å². The first kappa shape index (κ1) is 19.0. The van der Waals surface area contributed by atoms with E-state index in [0.29, 0.717) is 18.0 Å². The molecule has 0 bridgehead atoms. The van der Waals surface area contributed by atoms with Crippen molar-refractivity contribution >= 4 is 17.5 Å². The lowest BCUT2D eigenvalue weighted by atomic mass is 10.1. The fourth-order valence-corrected chi connectivity index (χ4v) is 2.88. The van der Waals surface area contributed by atoms with Gasteiger partial charge in [0.2, 0.25) is 5.91 Å². The van der Waals surface area contributed by atoms with Crippen molar-refractivity contribution in [1.82, 2.24) is 4.90 Å². The molecule has 0 saturated carbocycles. The van der Waals surface area contributed by atoms with Gasteiger partial charge >= 0.3 is 0 Å². The molecule has 3 rings (SSSR count). The van der Waals surface area contributed by atoms with Crippen LogP contribution in [0.2, 0.25) is 0 Å². The van der Waals surface area contributed by atoms with Crippen LogP contribution in [0.5, 0.6) is 5.75 Å². The van der Waals surface area contributed by atoms with Gasteiger partial charge in [0, 0.05) is 13.7 Å². The second kappa shape index (κ2) is 9.23. The smallest absolute Gasteiger partial charge is 0.289 e. The number of rotatable bonds is 7. The highest BCUT2D eigenvalue weighted by atomic mass is 16.5. The van der Waals surface area contributed by atoms with E-state index >= 15 is 0 Å². The van der Waals surface area contributed by atoms with E-state index in [0.717, 1.165) is 25.9 Å². The first-order valence-corrected chi connectivity index (χ1v) is 9.06. The van der Waals surface area contributed by atoms with Crippen LogP contribution in [0.3, 0.4) is 0 Å². The molecule has 1 aromatic heterocycles. The summed E-state index contributed by atoms with van der Waals surface area (Å²) in [4.78, 5) is 25.8. The van der Waals surface area contributed by atoms with Crippen molar-refractivity contribution in [3.8, 4) is 5.75 Å². The molecular weight excluding hydrogens is 348 g/mol. The Morgan fingerprint density at radius 2 is 2.07 bits per heavy atom. The number of carbonyl (C=O) groups excluding carboxylic acids is 2. The summed E-state index contributed by atoms with van der Waals surface area (Å²) in [5.74, 6) is 0.109. The number of carbonyl (C=O) groups is 2. The molecule has 1 N–H and O–H groups in total. The van der Waals surface area contributed by atoms with Gasteiger partial charge in [-0.15, -0.1) is 0 Å². The lowest BCUT2D eigenvalue weighted by Crippen LogP contribution is -2.34. The van der Waals surface area contributed by atoms with E-state index in [4.69, 9.17) is 13.9 Å². The summed E-state index contributed by atoms with van der Waals surface area (Å²) in [6.45, 7) is 1.12.